The summed E-state index contributed by atoms with van der Waals surface area (Å²) >= 11 is 0. The van der Waals surface area contributed by atoms with Crippen molar-refractivity contribution in [1.29, 1.82) is 0 Å². The van der Waals surface area contributed by atoms with Gasteiger partial charge in [-0.25, -0.2) is 4.98 Å². The van der Waals surface area contributed by atoms with Gasteiger partial charge >= 0.3 is 0 Å². The average Bonchev–Trinajstić information content (AvgIpc) is 3.09. The van der Waals surface area contributed by atoms with Gasteiger partial charge in [0, 0.05) is 46.0 Å². The van der Waals surface area contributed by atoms with Crippen LogP contribution in [0.4, 0.5) is 0 Å². The molecule has 3 heterocycles. The Morgan fingerprint density at radius 1 is 1.19 bits per heavy atom. The van der Waals surface area contributed by atoms with Crippen molar-refractivity contribution in [1.82, 2.24) is 24.9 Å². The van der Waals surface area contributed by atoms with E-state index in [2.05, 4.69) is 20.5 Å². The number of amides is 2. The van der Waals surface area contributed by atoms with Crippen molar-refractivity contribution < 1.29 is 19.1 Å². The van der Waals surface area contributed by atoms with E-state index in [0.717, 1.165) is 32.8 Å². The van der Waals surface area contributed by atoms with Crippen LogP contribution < -0.4 is 10.6 Å². The van der Waals surface area contributed by atoms with Crippen LogP contribution in [0.3, 0.4) is 0 Å². The van der Waals surface area contributed by atoms with E-state index in [1.165, 1.54) is 0 Å². The summed E-state index contributed by atoms with van der Waals surface area (Å²) in [5, 5.41) is 5.63. The number of nitrogens with zero attached hydrogens (tertiary/aromatic N) is 3. The highest BCUT2D eigenvalue weighted by Gasteiger charge is 2.21. The molecule has 1 aliphatic rings. The van der Waals surface area contributed by atoms with Gasteiger partial charge < -0.3 is 20.1 Å². The van der Waals surface area contributed by atoms with E-state index in [-0.39, 0.29) is 23.3 Å². The molecular weight excluding hydrogens is 350 g/mol. The van der Waals surface area contributed by atoms with Gasteiger partial charge in [0.2, 0.25) is 5.82 Å². The van der Waals surface area contributed by atoms with Crippen molar-refractivity contribution >= 4 is 17.3 Å². The lowest BCUT2D eigenvalue weighted by atomic mass is 10.3. The highest BCUT2D eigenvalue weighted by molar-refractivity contribution is 6.02. The lowest BCUT2D eigenvalue weighted by Crippen LogP contribution is -2.41. The molecule has 0 aromatic carbocycles. The smallest absolute Gasteiger partial charge is 0.287 e. The quantitative estimate of drug-likeness (QED) is 0.619. The number of hydrogen-bond donors (Lipinski definition) is 2. The summed E-state index contributed by atoms with van der Waals surface area (Å²) in [5.41, 5.74) is 0.840. The minimum absolute atomic E-state index is 0.181. The normalized spacial score (nSPS) is 15.0. The summed E-state index contributed by atoms with van der Waals surface area (Å²) in [5.74, 6) is -0.455. The van der Waals surface area contributed by atoms with Crippen LogP contribution in [0.25, 0.3) is 5.52 Å². The molecule has 0 aliphatic carbocycles. The molecule has 146 valence electrons. The maximum Gasteiger partial charge on any atom is 0.287 e. The van der Waals surface area contributed by atoms with Gasteiger partial charge in [0.05, 0.1) is 25.3 Å². The number of rotatable bonds is 8. The van der Waals surface area contributed by atoms with Gasteiger partial charge in [-0.3, -0.25) is 18.9 Å². The van der Waals surface area contributed by atoms with E-state index in [4.69, 9.17) is 9.47 Å². The lowest BCUT2D eigenvalue weighted by Gasteiger charge is -2.26. The number of hydrogen-bond acceptors (Lipinski definition) is 6. The van der Waals surface area contributed by atoms with Crippen molar-refractivity contribution in [3.8, 4) is 0 Å². The van der Waals surface area contributed by atoms with E-state index >= 15 is 0 Å². The third-order valence-electron chi connectivity index (χ3n) is 4.38. The van der Waals surface area contributed by atoms with Crippen molar-refractivity contribution in [3.05, 3.63) is 35.9 Å². The molecule has 2 N–H and O–H groups in total. The summed E-state index contributed by atoms with van der Waals surface area (Å²) in [7, 11) is 1.57. The van der Waals surface area contributed by atoms with Crippen LogP contribution in [-0.4, -0.2) is 85.8 Å². The molecule has 9 nitrogen and oxygen atoms in total. The second-order valence-corrected chi connectivity index (χ2v) is 6.20. The van der Waals surface area contributed by atoms with Crippen LogP contribution in [0.1, 0.15) is 21.1 Å². The van der Waals surface area contributed by atoms with Gasteiger partial charge in [-0.2, -0.15) is 0 Å². The molecule has 2 aromatic heterocycles. The molecule has 1 saturated heterocycles. The maximum atomic E-state index is 12.6. The third kappa shape index (κ3) is 4.82. The Bertz CT molecular complexity index is 785. The summed E-state index contributed by atoms with van der Waals surface area (Å²) in [4.78, 5) is 31.5. The molecule has 1 aliphatic heterocycles. The van der Waals surface area contributed by atoms with Gasteiger partial charge in [-0.1, -0.05) is 6.07 Å². The van der Waals surface area contributed by atoms with Gasteiger partial charge in [0.1, 0.15) is 0 Å². The zero-order valence-electron chi connectivity index (χ0n) is 15.4. The first-order valence-electron chi connectivity index (χ1n) is 9.03. The molecule has 27 heavy (non-hydrogen) atoms. The Morgan fingerprint density at radius 3 is 2.74 bits per heavy atom. The minimum Gasteiger partial charge on any atom is -0.383 e. The lowest BCUT2D eigenvalue weighted by molar-refractivity contribution is 0.0383. The number of carbonyl (C=O) groups excluding carboxylic acids is 2. The maximum absolute atomic E-state index is 12.6. The average molecular weight is 375 g/mol. The topological polar surface area (TPSA) is 97.2 Å². The number of morpholine rings is 1. The standard InChI is InChI=1S/C18H25N5O4/c1-26-11-6-20-18(25)16-21-15(14-4-2-3-7-23(14)16)17(24)19-5-8-22-9-12-27-13-10-22/h2-4,7H,5-6,8-13H2,1H3,(H,19,24)(H,20,25). The monoisotopic (exact) mass is 375 g/mol. The molecular formula is C18H25N5O4. The molecule has 0 unspecified atom stereocenters. The zero-order valence-corrected chi connectivity index (χ0v) is 15.4. The number of carbonyl (C=O) groups is 2. The Kier molecular flexibility index (Phi) is 6.74. The Hall–Kier alpha value is -2.49. The molecule has 0 atom stereocenters. The first kappa shape index (κ1) is 19.3. The van der Waals surface area contributed by atoms with Crippen molar-refractivity contribution in [2.24, 2.45) is 0 Å². The number of ether oxygens (including phenoxy) is 2. The molecule has 9 heteroatoms. The Labute approximate surface area is 157 Å². The zero-order chi connectivity index (χ0) is 19.1. The van der Waals surface area contributed by atoms with Crippen LogP contribution in [0, 0.1) is 0 Å². The van der Waals surface area contributed by atoms with Crippen LogP contribution in [0.5, 0.6) is 0 Å². The molecule has 3 rings (SSSR count). The fraction of sp³-hybridized carbons (Fsp3) is 0.500. The van der Waals surface area contributed by atoms with Crippen LogP contribution in [-0.2, 0) is 9.47 Å². The van der Waals surface area contributed by atoms with Crippen LogP contribution >= 0.6 is 0 Å². The van der Waals surface area contributed by atoms with Gasteiger partial charge in [0.25, 0.3) is 11.8 Å². The van der Waals surface area contributed by atoms with Crippen molar-refractivity contribution in [2.45, 2.75) is 0 Å². The predicted molar refractivity (Wildman–Crippen MR) is 99.0 cm³/mol. The molecule has 0 spiro atoms. The summed E-state index contributed by atoms with van der Waals surface area (Å²) < 4.78 is 11.9. The molecule has 1 fully saturated rings. The van der Waals surface area contributed by atoms with E-state index in [0.29, 0.717) is 25.2 Å². The van der Waals surface area contributed by atoms with Gasteiger partial charge in [0.15, 0.2) is 5.69 Å². The fourth-order valence-corrected chi connectivity index (χ4v) is 2.95. The number of pyridine rings is 1. The molecule has 2 amide bonds. The summed E-state index contributed by atoms with van der Waals surface area (Å²) in [6.45, 7) is 5.24. The second-order valence-electron chi connectivity index (χ2n) is 6.20. The Balaban J connectivity index is 1.68. The highest BCUT2D eigenvalue weighted by Crippen LogP contribution is 2.13. The highest BCUT2D eigenvalue weighted by atomic mass is 16.5. The summed E-state index contributed by atoms with van der Waals surface area (Å²) in [6.07, 6.45) is 1.72. The molecule has 0 saturated carbocycles. The van der Waals surface area contributed by atoms with E-state index in [9.17, 15) is 9.59 Å². The van der Waals surface area contributed by atoms with Gasteiger partial charge in [-0.15, -0.1) is 0 Å². The minimum atomic E-state index is -0.347. The number of fused-ring (bicyclic) bond motifs is 1. The second kappa shape index (κ2) is 9.45. The van der Waals surface area contributed by atoms with Crippen molar-refractivity contribution in [2.75, 3.05) is 59.7 Å². The van der Waals surface area contributed by atoms with Crippen LogP contribution in [0.2, 0.25) is 0 Å². The third-order valence-corrected chi connectivity index (χ3v) is 4.38. The first-order chi connectivity index (χ1) is 13.2. The molecule has 2 aromatic rings. The molecule has 0 radical (unpaired) electrons. The number of nitrogens with one attached hydrogen (secondary N) is 2. The number of aromatic nitrogens is 2. The largest absolute Gasteiger partial charge is 0.383 e. The summed E-state index contributed by atoms with van der Waals surface area (Å²) in [6, 6.07) is 5.38. The first-order valence-corrected chi connectivity index (χ1v) is 9.03. The van der Waals surface area contributed by atoms with E-state index in [1.54, 1.807) is 29.8 Å². The fourth-order valence-electron chi connectivity index (χ4n) is 2.95. The van der Waals surface area contributed by atoms with Crippen molar-refractivity contribution in [3.63, 3.8) is 0 Å². The number of imidazole rings is 1. The predicted octanol–water partition coefficient (Wildman–Crippen LogP) is -0.227. The SMILES string of the molecule is COCCNC(=O)c1nc(C(=O)NCCN2CCOCC2)c2ccccn12. The Morgan fingerprint density at radius 2 is 1.96 bits per heavy atom. The van der Waals surface area contributed by atoms with Gasteiger partial charge in [-0.05, 0) is 12.1 Å². The van der Waals surface area contributed by atoms with Crippen LogP contribution in [0.15, 0.2) is 24.4 Å². The van der Waals surface area contributed by atoms with E-state index < -0.39 is 0 Å². The van der Waals surface area contributed by atoms with E-state index in [1.807, 2.05) is 6.07 Å². The molecule has 0 bridgehead atoms. The number of methoxy groups -OCH3 is 1.